The fourth-order valence-corrected chi connectivity index (χ4v) is 1.72. The van der Waals surface area contributed by atoms with E-state index in [2.05, 4.69) is 0 Å². The molecule has 1 atom stereocenters. The number of carbonyl (C=O) groups is 1. The van der Waals surface area contributed by atoms with E-state index >= 15 is 0 Å². The van der Waals surface area contributed by atoms with Crippen molar-refractivity contribution in [2.24, 2.45) is 0 Å². The van der Waals surface area contributed by atoms with E-state index in [1.807, 2.05) is 0 Å². The number of ether oxygens (including phenoxy) is 1. The van der Waals surface area contributed by atoms with Crippen LogP contribution >= 0.6 is 0 Å². The van der Waals surface area contributed by atoms with Gasteiger partial charge in [0.25, 0.3) is 0 Å². The molecule has 0 saturated heterocycles. The quantitative estimate of drug-likeness (QED) is 0.449. The van der Waals surface area contributed by atoms with E-state index in [0.29, 0.717) is 24.2 Å². The van der Waals surface area contributed by atoms with E-state index in [4.69, 9.17) is 4.74 Å². The van der Waals surface area contributed by atoms with Crippen LogP contribution in [0.25, 0.3) is 0 Å². The van der Waals surface area contributed by atoms with Gasteiger partial charge < -0.3 is 4.74 Å². The van der Waals surface area contributed by atoms with Crippen LogP contribution in [0, 0.1) is 10.1 Å². The van der Waals surface area contributed by atoms with Gasteiger partial charge in [-0.25, -0.2) is 0 Å². The Balaban J connectivity index is 2.18. The first-order chi connectivity index (χ1) is 6.18. The zero-order chi connectivity index (χ0) is 9.42. The van der Waals surface area contributed by atoms with Crippen molar-refractivity contribution in [2.45, 2.75) is 31.9 Å². The summed E-state index contributed by atoms with van der Waals surface area (Å²) in [6.45, 7) is 0. The molecule has 13 heavy (non-hydrogen) atoms. The van der Waals surface area contributed by atoms with Crippen molar-refractivity contribution in [1.82, 2.24) is 0 Å². The fraction of sp³-hybridized carbons (Fsp3) is 0.625. The van der Waals surface area contributed by atoms with Crippen molar-refractivity contribution in [1.29, 1.82) is 0 Å². The lowest BCUT2D eigenvalue weighted by atomic mass is 9.95. The van der Waals surface area contributed by atoms with E-state index in [0.717, 1.165) is 6.42 Å². The average Bonchev–Trinajstić information content (AvgIpc) is 2.49. The summed E-state index contributed by atoms with van der Waals surface area (Å²) in [5.74, 6) is 0.573. The van der Waals surface area contributed by atoms with E-state index in [1.54, 1.807) is 0 Å². The van der Waals surface area contributed by atoms with Gasteiger partial charge in [0.2, 0.25) is 0 Å². The van der Waals surface area contributed by atoms with Crippen molar-refractivity contribution in [3.05, 3.63) is 21.4 Å². The molecule has 5 heteroatoms. The van der Waals surface area contributed by atoms with Crippen LogP contribution in [0.4, 0.5) is 0 Å². The largest absolute Gasteiger partial charge is 0.434 e. The number of hydrogen-bond acceptors (Lipinski definition) is 4. The van der Waals surface area contributed by atoms with E-state index in [1.165, 1.54) is 0 Å². The highest BCUT2D eigenvalue weighted by Gasteiger charge is 2.38. The molecule has 0 aromatic rings. The first-order valence-corrected chi connectivity index (χ1v) is 4.24. The van der Waals surface area contributed by atoms with E-state index < -0.39 is 11.2 Å². The van der Waals surface area contributed by atoms with Crippen LogP contribution in [0.2, 0.25) is 0 Å². The lowest BCUT2D eigenvalue weighted by Gasteiger charge is -2.09. The second-order valence-corrected chi connectivity index (χ2v) is 3.24. The Bertz CT molecular complexity index is 307. The van der Waals surface area contributed by atoms with Crippen LogP contribution in [-0.4, -0.2) is 16.9 Å². The average molecular weight is 183 g/mol. The maximum absolute atomic E-state index is 11.3. The lowest BCUT2D eigenvalue weighted by Crippen LogP contribution is -2.18. The minimum Gasteiger partial charge on any atom is -0.434 e. The van der Waals surface area contributed by atoms with Gasteiger partial charge in [-0.15, -0.1) is 0 Å². The summed E-state index contributed by atoms with van der Waals surface area (Å²) in [4.78, 5) is 21.2. The minimum absolute atomic E-state index is 0.0191. The van der Waals surface area contributed by atoms with Crippen LogP contribution < -0.4 is 0 Å². The minimum atomic E-state index is -1.02. The van der Waals surface area contributed by atoms with Gasteiger partial charge in [-0.05, 0) is 6.42 Å². The van der Waals surface area contributed by atoms with Crippen molar-refractivity contribution >= 4 is 5.78 Å². The summed E-state index contributed by atoms with van der Waals surface area (Å²) in [5, 5.41) is 10.4. The summed E-state index contributed by atoms with van der Waals surface area (Å²) in [6.07, 6.45) is 1.06. The molecule has 5 nitrogen and oxygen atoms in total. The highest BCUT2D eigenvalue weighted by molar-refractivity contribution is 5.96. The molecule has 1 unspecified atom stereocenters. The second-order valence-electron chi connectivity index (χ2n) is 3.24. The number of nitro groups is 1. The molecule has 70 valence electrons. The maximum atomic E-state index is 11.3. The van der Waals surface area contributed by atoms with Crippen molar-refractivity contribution in [3.63, 3.8) is 0 Å². The molecule has 2 aliphatic rings. The number of hydrogen-bond donors (Lipinski definition) is 0. The Kier molecular flexibility index (Phi) is 1.79. The highest BCUT2D eigenvalue weighted by atomic mass is 16.7. The molecule has 0 N–H and O–H groups in total. The Hall–Kier alpha value is -1.39. The van der Waals surface area contributed by atoms with Gasteiger partial charge in [-0.3, -0.25) is 14.9 Å². The molecule has 0 bridgehead atoms. The number of allylic oxidation sites excluding steroid dienone is 1. The van der Waals surface area contributed by atoms with Gasteiger partial charge >= 0.3 is 6.23 Å². The van der Waals surface area contributed by atoms with Crippen molar-refractivity contribution in [3.8, 4) is 0 Å². The Morgan fingerprint density at radius 2 is 2.23 bits per heavy atom. The topological polar surface area (TPSA) is 69.4 Å². The Morgan fingerprint density at radius 1 is 1.46 bits per heavy atom. The first-order valence-electron chi connectivity index (χ1n) is 4.24. The van der Waals surface area contributed by atoms with Gasteiger partial charge in [-0.1, -0.05) is 0 Å². The molecule has 0 spiro atoms. The van der Waals surface area contributed by atoms with Gasteiger partial charge in [0.05, 0.1) is 11.3 Å². The Labute approximate surface area is 74.5 Å². The fourth-order valence-electron chi connectivity index (χ4n) is 1.72. The molecular weight excluding hydrogens is 174 g/mol. The molecule has 0 radical (unpaired) electrons. The van der Waals surface area contributed by atoms with E-state index in [-0.39, 0.29) is 12.2 Å². The number of ketones is 1. The molecule has 0 fully saturated rings. The van der Waals surface area contributed by atoms with Crippen LogP contribution in [0.15, 0.2) is 11.3 Å². The third kappa shape index (κ3) is 1.30. The number of rotatable bonds is 1. The zero-order valence-electron chi connectivity index (χ0n) is 6.99. The molecule has 0 aromatic carbocycles. The number of carbonyl (C=O) groups excluding carboxylic acids is 1. The summed E-state index contributed by atoms with van der Waals surface area (Å²) in [7, 11) is 0. The van der Waals surface area contributed by atoms with E-state index in [9.17, 15) is 14.9 Å². The monoisotopic (exact) mass is 183 g/mol. The third-order valence-electron chi connectivity index (χ3n) is 2.37. The molecule has 0 aromatic heterocycles. The summed E-state index contributed by atoms with van der Waals surface area (Å²) >= 11 is 0. The van der Waals surface area contributed by atoms with Gasteiger partial charge in [0.15, 0.2) is 5.78 Å². The number of Topliss-reactive ketones (excluding diaryl/α,β-unsaturated/α-hetero) is 1. The predicted molar refractivity (Wildman–Crippen MR) is 42.4 cm³/mol. The normalized spacial score (nSPS) is 27.1. The van der Waals surface area contributed by atoms with Gasteiger partial charge in [0.1, 0.15) is 5.76 Å². The van der Waals surface area contributed by atoms with Crippen LogP contribution in [-0.2, 0) is 9.53 Å². The summed E-state index contributed by atoms with van der Waals surface area (Å²) in [6, 6.07) is 0. The standard InChI is InChI=1S/C8H9NO4/c10-6-2-1-3-7-5(6)4-8(13-7)9(11)12/h8H,1-4H2. The summed E-state index contributed by atoms with van der Waals surface area (Å²) < 4.78 is 5.06. The Morgan fingerprint density at radius 3 is 2.85 bits per heavy atom. The van der Waals surface area contributed by atoms with Crippen molar-refractivity contribution < 1.29 is 14.5 Å². The smallest absolute Gasteiger partial charge is 0.357 e. The molecular formula is C8H9NO4. The van der Waals surface area contributed by atoms with Crippen LogP contribution in [0.3, 0.4) is 0 Å². The van der Waals surface area contributed by atoms with Crippen LogP contribution in [0.5, 0.6) is 0 Å². The molecule has 1 heterocycles. The highest BCUT2D eigenvalue weighted by Crippen LogP contribution is 2.33. The molecule has 1 aliphatic carbocycles. The lowest BCUT2D eigenvalue weighted by molar-refractivity contribution is -0.567. The molecule has 1 aliphatic heterocycles. The first kappa shape index (κ1) is 8.22. The van der Waals surface area contributed by atoms with Crippen molar-refractivity contribution in [2.75, 3.05) is 0 Å². The summed E-state index contributed by atoms with van der Waals surface area (Å²) in [5.41, 5.74) is 0.549. The molecule has 0 amide bonds. The molecule has 2 rings (SSSR count). The SMILES string of the molecule is O=C1CCCC2=C1CC([N+](=O)[O-])O2. The second kappa shape index (κ2) is 2.83. The zero-order valence-corrected chi connectivity index (χ0v) is 6.99. The molecule has 0 saturated carbocycles. The predicted octanol–water partition coefficient (Wildman–Crippen LogP) is 1.02. The van der Waals surface area contributed by atoms with Gasteiger partial charge in [-0.2, -0.15) is 0 Å². The maximum Gasteiger partial charge on any atom is 0.357 e. The van der Waals surface area contributed by atoms with Gasteiger partial charge in [0, 0.05) is 18.4 Å². The third-order valence-corrected chi connectivity index (χ3v) is 2.37. The van der Waals surface area contributed by atoms with Crippen LogP contribution in [0.1, 0.15) is 25.7 Å². The number of nitrogens with zero attached hydrogens (tertiary/aromatic N) is 1.